The zero-order valence-electron chi connectivity index (χ0n) is 14.9. The summed E-state index contributed by atoms with van der Waals surface area (Å²) in [5.74, 6) is -2.94. The van der Waals surface area contributed by atoms with E-state index in [2.05, 4.69) is 0 Å². The van der Waals surface area contributed by atoms with Crippen LogP contribution in [0.5, 0.6) is 0 Å². The molecule has 0 radical (unpaired) electrons. The van der Waals surface area contributed by atoms with E-state index in [-0.39, 0.29) is 6.42 Å². The van der Waals surface area contributed by atoms with Crippen molar-refractivity contribution in [2.24, 2.45) is 5.92 Å². The van der Waals surface area contributed by atoms with Crippen LogP contribution in [-0.4, -0.2) is 36.6 Å². The summed E-state index contributed by atoms with van der Waals surface area (Å²) in [6.07, 6.45) is -0.209. The molecule has 0 saturated carbocycles. The molecule has 2 nitrogen and oxygen atoms in total. The summed E-state index contributed by atoms with van der Waals surface area (Å²) in [4.78, 5) is 0.804. The van der Waals surface area contributed by atoms with E-state index >= 15 is 0 Å². The van der Waals surface area contributed by atoms with E-state index in [1.807, 2.05) is 0 Å². The van der Waals surface area contributed by atoms with Gasteiger partial charge < -0.3 is 10.0 Å². The van der Waals surface area contributed by atoms with Crippen LogP contribution in [0.3, 0.4) is 0 Å². The average Bonchev–Trinajstić information content (AvgIpc) is 2.34. The van der Waals surface area contributed by atoms with Gasteiger partial charge in [-0.3, -0.25) is 0 Å². The first-order valence-electron chi connectivity index (χ1n) is 8.09. The number of piperidine rings is 1. The van der Waals surface area contributed by atoms with Gasteiger partial charge >= 0.3 is 0 Å². The molecule has 1 fully saturated rings. The molecule has 1 aliphatic rings. The summed E-state index contributed by atoms with van der Waals surface area (Å²) in [5, 5.41) is 9.82. The van der Waals surface area contributed by atoms with Gasteiger partial charge in [-0.15, -0.1) is 0 Å². The van der Waals surface area contributed by atoms with Crippen LogP contribution in [0.1, 0.15) is 26.1 Å². The number of rotatable bonds is 2. The standard InChI is InChI=1S/C13H18FNO/c1-15-7-6-13(11(8-15)9-16)10-2-4-12(14)5-3-10/h2-5,11,13,16H,6-9H2,1H3/t11-,13-/m0/s1/i7D2,8D2,9D2. The molecule has 3 heteroatoms. The van der Waals surface area contributed by atoms with E-state index in [0.717, 1.165) is 17.0 Å². The molecule has 1 aliphatic heterocycles. The second kappa shape index (κ2) is 4.93. The minimum Gasteiger partial charge on any atom is -0.396 e. The smallest absolute Gasteiger partial charge is 0.123 e. The number of aliphatic hydroxyl groups is 1. The van der Waals surface area contributed by atoms with Gasteiger partial charge in [-0.2, -0.15) is 0 Å². The van der Waals surface area contributed by atoms with Gasteiger partial charge in [-0.25, -0.2) is 4.39 Å². The van der Waals surface area contributed by atoms with Crippen molar-refractivity contribution in [3.63, 3.8) is 0 Å². The van der Waals surface area contributed by atoms with Crippen molar-refractivity contribution in [3.05, 3.63) is 35.6 Å². The molecule has 1 N–H and O–H groups in total. The highest BCUT2D eigenvalue weighted by atomic mass is 19.1. The van der Waals surface area contributed by atoms with E-state index < -0.39 is 37.2 Å². The predicted octanol–water partition coefficient (Wildman–Crippen LogP) is 1.85. The summed E-state index contributed by atoms with van der Waals surface area (Å²) < 4.78 is 60.4. The van der Waals surface area contributed by atoms with Crippen LogP contribution in [0.2, 0.25) is 0 Å². The van der Waals surface area contributed by atoms with Crippen molar-refractivity contribution in [2.75, 3.05) is 26.6 Å². The third kappa shape index (κ3) is 2.42. The van der Waals surface area contributed by atoms with Crippen LogP contribution in [-0.2, 0) is 0 Å². The molecule has 0 aromatic heterocycles. The molecule has 0 unspecified atom stereocenters. The summed E-state index contributed by atoms with van der Waals surface area (Å²) >= 11 is 0. The molecule has 1 aromatic carbocycles. The lowest BCUT2D eigenvalue weighted by Crippen LogP contribution is -2.38. The number of nitrogens with zero attached hydrogens (tertiary/aromatic N) is 1. The fourth-order valence-electron chi connectivity index (χ4n) is 1.84. The first-order valence-corrected chi connectivity index (χ1v) is 5.09. The topological polar surface area (TPSA) is 23.5 Å². The maximum absolute atomic E-state index is 13.1. The minimum absolute atomic E-state index is 0.209. The number of halogens is 1. The zero-order valence-corrected chi connectivity index (χ0v) is 8.94. The van der Waals surface area contributed by atoms with Crippen LogP contribution in [0.25, 0.3) is 0 Å². The highest BCUT2D eigenvalue weighted by Gasteiger charge is 2.28. The Bertz CT molecular complexity index is 544. The van der Waals surface area contributed by atoms with Gasteiger partial charge in [0, 0.05) is 24.5 Å². The predicted molar refractivity (Wildman–Crippen MR) is 61.8 cm³/mol. The van der Waals surface area contributed by atoms with E-state index in [9.17, 15) is 9.50 Å². The van der Waals surface area contributed by atoms with Crippen molar-refractivity contribution >= 4 is 0 Å². The summed E-state index contributed by atoms with van der Waals surface area (Å²) in [5.41, 5.74) is 0.394. The molecular weight excluding hydrogens is 205 g/mol. The molecule has 0 bridgehead atoms. The normalized spacial score (nSPS) is 39.7. The van der Waals surface area contributed by atoms with E-state index in [0.29, 0.717) is 5.56 Å². The van der Waals surface area contributed by atoms with Crippen molar-refractivity contribution in [1.82, 2.24) is 4.90 Å². The van der Waals surface area contributed by atoms with E-state index in [4.69, 9.17) is 8.22 Å². The molecule has 0 spiro atoms. The van der Waals surface area contributed by atoms with Crippen LogP contribution < -0.4 is 0 Å². The molecule has 16 heavy (non-hydrogen) atoms. The highest BCUT2D eigenvalue weighted by Crippen LogP contribution is 2.32. The number of hydrogen-bond donors (Lipinski definition) is 1. The largest absolute Gasteiger partial charge is 0.396 e. The Morgan fingerprint density at radius 3 is 2.88 bits per heavy atom. The maximum Gasteiger partial charge on any atom is 0.123 e. The Morgan fingerprint density at radius 1 is 1.56 bits per heavy atom. The Kier molecular flexibility index (Phi) is 1.89. The van der Waals surface area contributed by atoms with Gasteiger partial charge in [-0.05, 0) is 43.6 Å². The summed E-state index contributed by atoms with van der Waals surface area (Å²) in [6, 6.07) is 5.05. The Morgan fingerprint density at radius 2 is 2.25 bits per heavy atom. The molecule has 88 valence electrons. The van der Waals surface area contributed by atoms with E-state index in [1.165, 1.54) is 19.2 Å². The first kappa shape index (κ1) is 6.12. The van der Waals surface area contributed by atoms with Crippen LogP contribution in [0.4, 0.5) is 4.39 Å². The van der Waals surface area contributed by atoms with Crippen molar-refractivity contribution in [1.29, 1.82) is 0 Å². The van der Waals surface area contributed by atoms with Crippen LogP contribution in [0.15, 0.2) is 24.3 Å². The monoisotopic (exact) mass is 229 g/mol. The third-order valence-electron chi connectivity index (χ3n) is 2.72. The Balaban J connectivity index is 2.55. The van der Waals surface area contributed by atoms with Gasteiger partial charge in [0.25, 0.3) is 0 Å². The molecule has 0 aliphatic carbocycles. The lowest BCUT2D eigenvalue weighted by molar-refractivity contribution is 0.118. The number of hydrogen-bond acceptors (Lipinski definition) is 2. The first-order chi connectivity index (χ1) is 9.87. The second-order valence-corrected chi connectivity index (χ2v) is 3.82. The van der Waals surface area contributed by atoms with Crippen LogP contribution >= 0.6 is 0 Å². The Labute approximate surface area is 104 Å². The minimum atomic E-state index is -2.85. The molecule has 1 heterocycles. The fraction of sp³-hybridized carbons (Fsp3) is 0.538. The second-order valence-electron chi connectivity index (χ2n) is 3.82. The maximum atomic E-state index is 13.1. The molecule has 2 atom stereocenters. The van der Waals surface area contributed by atoms with Gasteiger partial charge in [0.2, 0.25) is 0 Å². The van der Waals surface area contributed by atoms with Crippen molar-refractivity contribution in [3.8, 4) is 0 Å². The fourth-order valence-corrected chi connectivity index (χ4v) is 1.84. The van der Waals surface area contributed by atoms with Gasteiger partial charge in [0.05, 0.1) is 2.74 Å². The molecular formula is C13H18FNO. The number of likely N-dealkylation sites (tertiary alicyclic amines) is 1. The van der Waals surface area contributed by atoms with E-state index in [1.54, 1.807) is 0 Å². The zero-order chi connectivity index (χ0) is 16.9. The SMILES string of the molecule is [2H]C([2H])(O)[C@H]1[C@H](c2ccc(F)cc2)CC([2H])([2H])N(C)C1([2H])[2H]. The van der Waals surface area contributed by atoms with Gasteiger partial charge in [0.1, 0.15) is 5.82 Å². The molecule has 1 aromatic rings. The van der Waals surface area contributed by atoms with Crippen LogP contribution in [0, 0.1) is 11.7 Å². The lowest BCUT2D eigenvalue weighted by atomic mass is 9.81. The lowest BCUT2D eigenvalue weighted by Gasteiger charge is -2.36. The molecule has 1 saturated heterocycles. The van der Waals surface area contributed by atoms with Gasteiger partial charge in [0.15, 0.2) is 0 Å². The summed E-state index contributed by atoms with van der Waals surface area (Å²) in [6.45, 7) is -7.29. The average molecular weight is 229 g/mol. The van der Waals surface area contributed by atoms with Gasteiger partial charge in [-0.1, -0.05) is 12.1 Å². The van der Waals surface area contributed by atoms with Crippen molar-refractivity contribution in [2.45, 2.75) is 12.3 Å². The third-order valence-corrected chi connectivity index (χ3v) is 2.72. The quantitative estimate of drug-likeness (QED) is 0.836. The summed E-state index contributed by atoms with van der Waals surface area (Å²) in [7, 11) is 1.22. The highest BCUT2D eigenvalue weighted by molar-refractivity contribution is 5.22. The number of benzene rings is 1. The van der Waals surface area contributed by atoms with Crippen molar-refractivity contribution < 1.29 is 17.7 Å². The Hall–Kier alpha value is -0.930. The molecule has 2 rings (SSSR count). The molecule has 0 amide bonds.